The maximum Gasteiger partial charge on any atom is 0.178 e. The second-order valence-electron chi connectivity index (χ2n) is 5.90. The molecule has 0 aliphatic rings. The molecule has 0 aliphatic carbocycles. The fourth-order valence-corrected chi connectivity index (χ4v) is 3.67. The van der Waals surface area contributed by atoms with Crippen LogP contribution in [0.15, 0.2) is 35.7 Å². The molecule has 0 aliphatic heterocycles. The summed E-state index contributed by atoms with van der Waals surface area (Å²) >= 11 is 7.31. The first kappa shape index (κ1) is 13.6. The van der Waals surface area contributed by atoms with Crippen molar-refractivity contribution >= 4 is 34.6 Å². The van der Waals surface area contributed by atoms with E-state index < -0.39 is 0 Å². The van der Waals surface area contributed by atoms with Gasteiger partial charge in [-0.3, -0.25) is 0 Å². The smallest absolute Gasteiger partial charge is 0.178 e. The minimum Gasteiger partial charge on any atom is -0.331 e. The number of benzene rings is 1. The monoisotopic (exact) mass is 302 g/mol. The zero-order chi connectivity index (χ0) is 14.3. The predicted molar refractivity (Wildman–Crippen MR) is 89.2 cm³/mol. The van der Waals surface area contributed by atoms with Crippen molar-refractivity contribution in [3.05, 3.63) is 50.9 Å². The lowest BCUT2D eigenvalue weighted by atomic mass is 9.91. The van der Waals surface area contributed by atoms with E-state index in [0.29, 0.717) is 0 Å². The van der Waals surface area contributed by atoms with E-state index in [0.717, 1.165) is 16.8 Å². The molecule has 0 amide bonds. The Labute approximate surface area is 128 Å². The second kappa shape index (κ2) is 4.86. The molecule has 0 bridgehead atoms. The molecule has 0 atom stereocenters. The van der Waals surface area contributed by atoms with Crippen molar-refractivity contribution in [2.75, 3.05) is 0 Å². The van der Waals surface area contributed by atoms with E-state index in [1.54, 1.807) is 0 Å². The van der Waals surface area contributed by atoms with Gasteiger partial charge >= 0.3 is 0 Å². The Kier molecular flexibility index (Phi) is 3.30. The molecule has 0 unspecified atom stereocenters. The largest absolute Gasteiger partial charge is 0.331 e. The first-order valence-electron chi connectivity index (χ1n) is 6.70. The number of H-pyrrole nitrogens is 1. The summed E-state index contributed by atoms with van der Waals surface area (Å²) in [5.74, 6) is 0. The zero-order valence-corrected chi connectivity index (χ0v) is 13.6. The Balaban J connectivity index is 2.09. The van der Waals surface area contributed by atoms with Gasteiger partial charge in [-0.2, -0.15) is 0 Å². The van der Waals surface area contributed by atoms with Crippen molar-refractivity contribution in [2.24, 2.45) is 0 Å². The summed E-state index contributed by atoms with van der Waals surface area (Å²) in [6.45, 7) is 7.55. The molecule has 3 aromatic rings. The third-order valence-electron chi connectivity index (χ3n) is 3.67. The van der Waals surface area contributed by atoms with Crippen LogP contribution in [-0.2, 0) is 12.0 Å². The van der Waals surface area contributed by atoms with Crippen LogP contribution < -0.4 is 0 Å². The highest BCUT2D eigenvalue weighted by Crippen LogP contribution is 2.30. The van der Waals surface area contributed by atoms with Crippen LogP contribution in [0.1, 0.15) is 24.3 Å². The number of thiophene rings is 1. The lowest BCUT2D eigenvalue weighted by molar-refractivity contribution is 0.447. The maximum atomic E-state index is 5.50. The molecular formula is C16H18N2S2. The summed E-state index contributed by atoms with van der Waals surface area (Å²) in [6, 6.07) is 10.7. The summed E-state index contributed by atoms with van der Waals surface area (Å²) in [7, 11) is 0. The molecule has 20 heavy (non-hydrogen) atoms. The van der Waals surface area contributed by atoms with E-state index >= 15 is 0 Å². The van der Waals surface area contributed by atoms with Crippen molar-refractivity contribution in [1.29, 1.82) is 0 Å². The Morgan fingerprint density at radius 3 is 2.80 bits per heavy atom. The number of nitrogens with one attached hydrogen (secondary N) is 1. The topological polar surface area (TPSA) is 20.7 Å². The molecule has 0 saturated heterocycles. The van der Waals surface area contributed by atoms with Gasteiger partial charge in [0.25, 0.3) is 0 Å². The highest BCUT2D eigenvalue weighted by atomic mass is 32.1. The standard InChI is InChI=1S/C16H18N2S2/c1-11-6-7-12-13(9-11)18(15(19)17-12)10-16(2,3)14-5-4-8-20-14/h4-9H,10H2,1-3H3,(H,17,19). The molecule has 4 heteroatoms. The number of rotatable bonds is 3. The number of hydrogen-bond acceptors (Lipinski definition) is 2. The highest BCUT2D eigenvalue weighted by molar-refractivity contribution is 7.71. The molecule has 2 aromatic heterocycles. The average Bonchev–Trinajstić information content (AvgIpc) is 3.00. The molecule has 3 rings (SSSR count). The summed E-state index contributed by atoms with van der Waals surface area (Å²) in [4.78, 5) is 4.69. The lowest BCUT2D eigenvalue weighted by Gasteiger charge is -2.24. The van der Waals surface area contributed by atoms with Crippen molar-refractivity contribution in [3.8, 4) is 0 Å². The third-order valence-corrected chi connectivity index (χ3v) is 5.23. The highest BCUT2D eigenvalue weighted by Gasteiger charge is 2.23. The van der Waals surface area contributed by atoms with Gasteiger partial charge in [-0.25, -0.2) is 0 Å². The van der Waals surface area contributed by atoms with E-state index in [2.05, 4.69) is 66.0 Å². The molecular weight excluding hydrogens is 284 g/mol. The molecule has 1 N–H and O–H groups in total. The summed E-state index contributed by atoms with van der Waals surface area (Å²) in [5.41, 5.74) is 3.64. The molecule has 104 valence electrons. The number of aryl methyl sites for hydroxylation is 1. The maximum absolute atomic E-state index is 5.50. The van der Waals surface area contributed by atoms with E-state index in [4.69, 9.17) is 12.2 Å². The quantitative estimate of drug-likeness (QED) is 0.672. The molecule has 0 radical (unpaired) electrons. The normalized spacial score (nSPS) is 12.2. The average molecular weight is 302 g/mol. The minimum absolute atomic E-state index is 0.0747. The van der Waals surface area contributed by atoms with Gasteiger partial charge in [-0.15, -0.1) is 11.3 Å². The number of fused-ring (bicyclic) bond motifs is 1. The van der Waals surface area contributed by atoms with Gasteiger partial charge in [-0.05, 0) is 48.3 Å². The number of nitrogens with zero attached hydrogens (tertiary/aromatic N) is 1. The van der Waals surface area contributed by atoms with E-state index in [1.165, 1.54) is 16.0 Å². The Morgan fingerprint density at radius 1 is 1.30 bits per heavy atom. The third kappa shape index (κ3) is 2.34. The number of imidazole rings is 1. The van der Waals surface area contributed by atoms with Crippen LogP contribution in [-0.4, -0.2) is 9.55 Å². The summed E-state index contributed by atoms with van der Waals surface area (Å²) < 4.78 is 3.02. The van der Waals surface area contributed by atoms with Gasteiger partial charge in [0.05, 0.1) is 11.0 Å². The lowest BCUT2D eigenvalue weighted by Crippen LogP contribution is -2.23. The van der Waals surface area contributed by atoms with Gasteiger partial charge in [0.15, 0.2) is 4.77 Å². The second-order valence-corrected chi connectivity index (χ2v) is 7.23. The van der Waals surface area contributed by atoms with Crippen LogP contribution in [0.5, 0.6) is 0 Å². The first-order valence-corrected chi connectivity index (χ1v) is 7.99. The van der Waals surface area contributed by atoms with Crippen LogP contribution in [0.4, 0.5) is 0 Å². The zero-order valence-electron chi connectivity index (χ0n) is 11.9. The van der Waals surface area contributed by atoms with Crippen molar-refractivity contribution in [1.82, 2.24) is 9.55 Å². The summed E-state index contributed by atoms with van der Waals surface area (Å²) in [6.07, 6.45) is 0. The van der Waals surface area contributed by atoms with Gasteiger partial charge in [-0.1, -0.05) is 26.0 Å². The first-order chi connectivity index (χ1) is 9.47. The molecule has 1 aromatic carbocycles. The number of aromatic nitrogens is 2. The molecule has 0 spiro atoms. The predicted octanol–water partition coefficient (Wildman–Crippen LogP) is 5.05. The van der Waals surface area contributed by atoms with E-state index in [-0.39, 0.29) is 5.41 Å². The van der Waals surface area contributed by atoms with Crippen LogP contribution in [0, 0.1) is 11.7 Å². The molecule has 2 nitrogen and oxygen atoms in total. The Hall–Kier alpha value is -1.39. The van der Waals surface area contributed by atoms with Crippen LogP contribution in [0.2, 0.25) is 0 Å². The van der Waals surface area contributed by atoms with Gasteiger partial charge in [0, 0.05) is 16.8 Å². The van der Waals surface area contributed by atoms with Crippen LogP contribution in [0.25, 0.3) is 11.0 Å². The molecule has 2 heterocycles. The molecule has 0 saturated carbocycles. The Bertz CT molecular complexity index is 792. The van der Waals surface area contributed by atoms with Gasteiger partial charge < -0.3 is 9.55 Å². The molecule has 0 fully saturated rings. The van der Waals surface area contributed by atoms with Crippen molar-refractivity contribution in [3.63, 3.8) is 0 Å². The van der Waals surface area contributed by atoms with Crippen molar-refractivity contribution < 1.29 is 0 Å². The van der Waals surface area contributed by atoms with E-state index in [1.807, 2.05) is 11.3 Å². The van der Waals surface area contributed by atoms with Gasteiger partial charge in [0.1, 0.15) is 0 Å². The van der Waals surface area contributed by atoms with E-state index in [9.17, 15) is 0 Å². The number of hydrogen-bond donors (Lipinski definition) is 1. The van der Waals surface area contributed by atoms with Crippen LogP contribution >= 0.6 is 23.6 Å². The van der Waals surface area contributed by atoms with Crippen molar-refractivity contribution in [2.45, 2.75) is 32.7 Å². The fraction of sp³-hybridized carbons (Fsp3) is 0.312. The number of aromatic amines is 1. The Morgan fingerprint density at radius 2 is 2.10 bits per heavy atom. The van der Waals surface area contributed by atoms with Crippen LogP contribution in [0.3, 0.4) is 0 Å². The summed E-state index contributed by atoms with van der Waals surface area (Å²) in [5, 5.41) is 2.13. The fourth-order valence-electron chi connectivity index (χ4n) is 2.56. The van der Waals surface area contributed by atoms with Gasteiger partial charge in [0.2, 0.25) is 0 Å². The SMILES string of the molecule is Cc1ccc2[nH]c(=S)n(CC(C)(C)c3cccs3)c2c1. The minimum atomic E-state index is 0.0747.